The first kappa shape index (κ1) is 60.3. The van der Waals surface area contributed by atoms with Crippen molar-refractivity contribution in [3.8, 4) is 79.0 Å². The molecule has 0 amide bonds. The minimum atomic E-state index is -3.90. The highest BCUT2D eigenvalue weighted by Gasteiger charge is 2.44. The Hall–Kier alpha value is -9.64. The van der Waals surface area contributed by atoms with E-state index in [2.05, 4.69) is 38.1 Å². The molecule has 4 aliphatic rings. The van der Waals surface area contributed by atoms with Crippen LogP contribution in [0.15, 0.2) is 279 Å². The molecule has 0 aromatic heterocycles. The molecule has 0 saturated heterocycles. The lowest BCUT2D eigenvalue weighted by Crippen LogP contribution is -2.24. The summed E-state index contributed by atoms with van der Waals surface area (Å²) in [5, 5.41) is 2.28. The van der Waals surface area contributed by atoms with E-state index in [-0.39, 0.29) is 37.9 Å². The van der Waals surface area contributed by atoms with Crippen molar-refractivity contribution in [3.63, 3.8) is 0 Å². The molecular weight excluding hydrogens is 1260 g/mol. The van der Waals surface area contributed by atoms with Gasteiger partial charge in [-0.1, -0.05) is 244 Å². The summed E-state index contributed by atoms with van der Waals surface area (Å²) in [6, 6.07) is 89.4. The van der Waals surface area contributed by atoms with E-state index >= 15 is 18.3 Å². The molecule has 4 atom stereocenters. The van der Waals surface area contributed by atoms with Gasteiger partial charge in [0.15, 0.2) is 0 Å². The first-order chi connectivity index (χ1) is 46.2. The van der Waals surface area contributed by atoms with E-state index in [0.717, 1.165) is 66.8 Å². The summed E-state index contributed by atoms with van der Waals surface area (Å²) in [7, 11) is -15.6. The van der Waals surface area contributed by atoms with Gasteiger partial charge in [0.05, 0.1) is 45.9 Å². The van der Waals surface area contributed by atoms with Crippen LogP contribution in [0.3, 0.4) is 0 Å². The van der Waals surface area contributed by atoms with Crippen molar-refractivity contribution in [2.45, 2.75) is 57.1 Å². The summed E-state index contributed by atoms with van der Waals surface area (Å²) in [6.07, 6.45) is -0.462. The van der Waals surface area contributed by atoms with Crippen LogP contribution >= 0.6 is 29.5 Å². The number of ether oxygens (including phenoxy) is 2. The highest BCUT2D eigenvalue weighted by Crippen LogP contribution is 2.64. The predicted molar refractivity (Wildman–Crippen MR) is 380 cm³/mol. The van der Waals surface area contributed by atoms with Crippen LogP contribution in [0, 0.1) is 0 Å². The van der Waals surface area contributed by atoms with Gasteiger partial charge in [0.1, 0.15) is 47.7 Å². The van der Waals surface area contributed by atoms with E-state index in [9.17, 15) is 0 Å². The average Bonchev–Trinajstić information content (AvgIpc) is 0.753. The number of hydrogen-bond donors (Lipinski definition) is 0. The van der Waals surface area contributed by atoms with Crippen LogP contribution in [-0.2, 0) is 61.5 Å². The van der Waals surface area contributed by atoms with Crippen molar-refractivity contribution in [1.29, 1.82) is 0 Å². The zero-order valence-corrected chi connectivity index (χ0v) is 55.7. The molecule has 0 saturated carbocycles. The first-order valence-electron chi connectivity index (χ1n) is 31.8. The Balaban J connectivity index is 0.927. The molecule has 0 fully saturated rings. The summed E-state index contributed by atoms with van der Waals surface area (Å²) in [5.74, 6) is 2.82. The number of fused-ring (bicyclic) bond motifs is 12. The fraction of sp³-hybridized carbons (Fsp3) is 0.111. The molecule has 95 heavy (non-hydrogen) atoms. The summed E-state index contributed by atoms with van der Waals surface area (Å²) in [6.45, 7) is 4.47. The summed E-state index contributed by atoms with van der Waals surface area (Å²) < 4.78 is 108. The molecular formula is C81H64O10P4. The lowest BCUT2D eigenvalue weighted by atomic mass is 9.76. The molecule has 0 aliphatic carbocycles. The molecule has 14 heteroatoms. The van der Waals surface area contributed by atoms with Gasteiger partial charge in [0.25, 0.3) is 29.5 Å². The van der Waals surface area contributed by atoms with Crippen LogP contribution in [0.1, 0.15) is 58.4 Å². The fourth-order valence-corrected chi connectivity index (χ4v) is 23.4. The second-order valence-electron chi connectivity index (χ2n) is 25.2. The standard InChI is InChI=1S/C81H64O10P4/c1-81(2,61-45-57(51-92(82)75-41-21-13-33-67(75)63-29-9-17-37-71(63)88-92)79(86-49-55-25-5-3-6-26-55)58(46-61)52-93(83)76-42-22-14-34-68(76)64-30-10-18-38-72(64)89-93)62-47-59(53-94(84)77-43-23-15-35-69(77)65-31-11-19-39-73(65)90-94)80(87-50-56-27-7-4-8-28-56)60(48-62)54-95(85)78-44-24-16-36-70(78)66-32-12-20-40-74(66)91-95/h3-48H,49-54H2,1-2H3. The molecule has 4 heterocycles. The number of rotatable bonds is 16. The van der Waals surface area contributed by atoms with Gasteiger partial charge in [-0.15, -0.1) is 0 Å². The van der Waals surface area contributed by atoms with Crippen LogP contribution in [-0.4, -0.2) is 0 Å². The van der Waals surface area contributed by atoms with Crippen LogP contribution in [0.2, 0.25) is 0 Å². The Labute approximate surface area is 553 Å². The molecule has 468 valence electrons. The zero-order chi connectivity index (χ0) is 64.5. The highest BCUT2D eigenvalue weighted by atomic mass is 31.2. The van der Waals surface area contributed by atoms with Crippen molar-refractivity contribution in [2.75, 3.05) is 0 Å². The average molecular weight is 1320 g/mol. The first-order valence-corrected chi connectivity index (χ1v) is 39.0. The molecule has 16 rings (SSSR count). The highest BCUT2D eigenvalue weighted by molar-refractivity contribution is 7.68. The lowest BCUT2D eigenvalue weighted by molar-refractivity contribution is 0.300. The van der Waals surface area contributed by atoms with Gasteiger partial charge in [-0.05, 0) is 93.0 Å². The Bertz CT molecular complexity index is 4650. The largest absolute Gasteiger partial charge is 0.488 e. The number of hydrogen-bond acceptors (Lipinski definition) is 10. The molecule has 12 aromatic carbocycles. The Morgan fingerprint density at radius 3 is 0.768 bits per heavy atom. The quantitative estimate of drug-likeness (QED) is 0.0864. The molecule has 0 N–H and O–H groups in total. The van der Waals surface area contributed by atoms with Gasteiger partial charge in [-0.3, -0.25) is 18.3 Å². The lowest BCUT2D eigenvalue weighted by Gasteiger charge is -2.34. The molecule has 0 bridgehead atoms. The molecule has 12 aromatic rings. The molecule has 0 spiro atoms. The van der Waals surface area contributed by atoms with E-state index in [0.29, 0.717) is 78.0 Å². The molecule has 10 nitrogen and oxygen atoms in total. The fourth-order valence-electron chi connectivity index (χ4n) is 14.0. The number of para-hydroxylation sites is 4. The van der Waals surface area contributed by atoms with Gasteiger partial charge < -0.3 is 27.6 Å². The van der Waals surface area contributed by atoms with E-state index in [1.165, 1.54) is 0 Å². The maximum Gasteiger partial charge on any atom is 0.282 e. The summed E-state index contributed by atoms with van der Waals surface area (Å²) in [5.41, 5.74) is 11.0. The molecule has 4 unspecified atom stereocenters. The van der Waals surface area contributed by atoms with Crippen molar-refractivity contribution < 1.29 is 45.8 Å². The normalized spacial score (nSPS) is 19.1. The molecule has 0 radical (unpaired) electrons. The van der Waals surface area contributed by atoms with Crippen LogP contribution < -0.4 is 48.8 Å². The third-order valence-corrected chi connectivity index (χ3v) is 28.2. The third-order valence-electron chi connectivity index (χ3n) is 18.7. The van der Waals surface area contributed by atoms with E-state index in [1.807, 2.05) is 255 Å². The van der Waals surface area contributed by atoms with Gasteiger partial charge >= 0.3 is 0 Å². The van der Waals surface area contributed by atoms with Crippen molar-refractivity contribution >= 4 is 50.7 Å². The smallest absolute Gasteiger partial charge is 0.282 e. The third kappa shape index (κ3) is 11.0. The second-order valence-corrected chi connectivity index (χ2v) is 34.5. The predicted octanol–water partition coefficient (Wildman–Crippen LogP) is 19.8. The van der Waals surface area contributed by atoms with E-state index in [1.54, 1.807) is 0 Å². The topological polar surface area (TPSA) is 124 Å². The number of benzene rings is 12. The van der Waals surface area contributed by atoms with Gasteiger partial charge in [0.2, 0.25) is 0 Å². The Kier molecular flexibility index (Phi) is 15.2. The van der Waals surface area contributed by atoms with Crippen LogP contribution in [0.25, 0.3) is 44.5 Å². The minimum Gasteiger partial charge on any atom is -0.488 e. The minimum absolute atomic E-state index is 0.116. The monoisotopic (exact) mass is 1320 g/mol. The van der Waals surface area contributed by atoms with Gasteiger partial charge in [-0.2, -0.15) is 0 Å². The van der Waals surface area contributed by atoms with E-state index in [4.69, 9.17) is 27.6 Å². The van der Waals surface area contributed by atoms with Gasteiger partial charge in [0, 0.05) is 49.9 Å². The van der Waals surface area contributed by atoms with Crippen molar-refractivity contribution in [2.24, 2.45) is 0 Å². The zero-order valence-electron chi connectivity index (χ0n) is 52.2. The van der Waals surface area contributed by atoms with Crippen LogP contribution in [0.5, 0.6) is 34.5 Å². The summed E-state index contributed by atoms with van der Waals surface area (Å²) >= 11 is 0. The molecule has 4 aliphatic heterocycles. The van der Waals surface area contributed by atoms with E-state index < -0.39 is 34.9 Å². The van der Waals surface area contributed by atoms with Gasteiger partial charge in [-0.25, -0.2) is 0 Å². The SMILES string of the molecule is CC(C)(c1cc(CP2(=O)Oc3ccccc3-c3ccccc32)c(OCc2ccccc2)c(CP2(=O)Oc3ccccc3-c3ccccc32)c1)c1cc(CP2(=O)Oc3ccccc3-c3ccccc32)c(OCc2ccccc2)c(CP2(=O)Oc3ccccc3-c3ccccc32)c1. The van der Waals surface area contributed by atoms with Crippen molar-refractivity contribution in [3.05, 3.63) is 324 Å². The Morgan fingerprint density at radius 1 is 0.284 bits per heavy atom. The van der Waals surface area contributed by atoms with Crippen LogP contribution in [0.4, 0.5) is 0 Å². The van der Waals surface area contributed by atoms with Crippen molar-refractivity contribution in [1.82, 2.24) is 0 Å². The maximum atomic E-state index is 16.5. The Morgan fingerprint density at radius 2 is 0.505 bits per heavy atom. The second kappa shape index (κ2) is 24.0. The summed E-state index contributed by atoms with van der Waals surface area (Å²) in [4.78, 5) is 0. The maximum absolute atomic E-state index is 16.5.